The van der Waals surface area contributed by atoms with Crippen molar-refractivity contribution in [2.45, 2.75) is 12.5 Å². The van der Waals surface area contributed by atoms with Gasteiger partial charge in [-0.1, -0.05) is 42.5 Å². The summed E-state index contributed by atoms with van der Waals surface area (Å²) in [7, 11) is 0. The average molecular weight is 269 g/mol. The van der Waals surface area contributed by atoms with Gasteiger partial charge in [-0.3, -0.25) is 4.79 Å². The van der Waals surface area contributed by atoms with Gasteiger partial charge < -0.3 is 0 Å². The summed E-state index contributed by atoms with van der Waals surface area (Å²) in [5.74, 6) is -0.369. The summed E-state index contributed by atoms with van der Waals surface area (Å²) in [6.07, 6.45) is 2.01. The topological polar surface area (TPSA) is 32.1 Å². The molecule has 1 atom stereocenters. The van der Waals surface area contributed by atoms with Crippen LogP contribution >= 0.6 is 0 Å². The van der Waals surface area contributed by atoms with Gasteiger partial charge in [0.2, 0.25) is 12.3 Å². The average Bonchev–Trinajstić information content (AvgIpc) is 2.83. The maximum absolute atomic E-state index is 13.7. The first-order valence-corrected chi connectivity index (χ1v) is 6.46. The number of hydrogen-bond donors (Lipinski definition) is 1. The fourth-order valence-electron chi connectivity index (χ4n) is 2.35. The first-order chi connectivity index (χ1) is 9.74. The quantitative estimate of drug-likeness (QED) is 0.834. The molecule has 2 aromatic carbocycles. The molecule has 1 fully saturated rings. The maximum atomic E-state index is 13.7. The standard InChI is InChI=1S/C16H13FN2O/c17-14-9-5-4-8-13(14)11-19-15(10-16(20)18-19)12-6-2-1-3-7-12/h1-9,11,15H,10H2/p+1/b19-11-/t15-/m0/s1. The Kier molecular flexibility index (Phi) is 3.29. The largest absolute Gasteiger partial charge is 0.281 e. The van der Waals surface area contributed by atoms with E-state index in [1.807, 2.05) is 30.3 Å². The zero-order valence-corrected chi connectivity index (χ0v) is 10.8. The summed E-state index contributed by atoms with van der Waals surface area (Å²) in [6.45, 7) is 0. The lowest BCUT2D eigenvalue weighted by atomic mass is 10.1. The molecule has 0 radical (unpaired) electrons. The van der Waals surface area contributed by atoms with Crippen LogP contribution in [0.15, 0.2) is 54.6 Å². The smallest absolute Gasteiger partial charge is 0.269 e. The summed E-state index contributed by atoms with van der Waals surface area (Å²) in [4.78, 5) is 11.6. The molecule has 1 amide bonds. The van der Waals surface area contributed by atoms with Crippen molar-refractivity contribution >= 4 is 12.1 Å². The van der Waals surface area contributed by atoms with Crippen LogP contribution in [0.3, 0.4) is 0 Å². The van der Waals surface area contributed by atoms with E-state index in [1.165, 1.54) is 6.07 Å². The van der Waals surface area contributed by atoms with Crippen molar-refractivity contribution in [3.8, 4) is 0 Å². The number of nitrogens with zero attached hydrogens (tertiary/aromatic N) is 1. The Morgan fingerprint density at radius 1 is 1.10 bits per heavy atom. The van der Waals surface area contributed by atoms with E-state index in [2.05, 4.69) is 5.43 Å². The van der Waals surface area contributed by atoms with E-state index in [0.29, 0.717) is 12.0 Å². The lowest BCUT2D eigenvalue weighted by Crippen LogP contribution is -2.27. The van der Waals surface area contributed by atoms with Crippen LogP contribution in [-0.4, -0.2) is 16.8 Å². The van der Waals surface area contributed by atoms with Gasteiger partial charge in [0.05, 0.1) is 5.56 Å². The van der Waals surface area contributed by atoms with Gasteiger partial charge in [-0.2, -0.15) is 0 Å². The Bertz CT molecular complexity index is 667. The Labute approximate surface area is 116 Å². The fraction of sp³-hybridized carbons (Fsp3) is 0.125. The molecule has 4 heteroatoms. The van der Waals surface area contributed by atoms with Crippen LogP contribution in [0.1, 0.15) is 23.6 Å². The number of carbonyl (C=O) groups is 1. The Hall–Kier alpha value is -2.49. The maximum Gasteiger partial charge on any atom is 0.281 e. The molecule has 1 saturated heterocycles. The molecule has 1 aliphatic heterocycles. The third kappa shape index (κ3) is 2.45. The number of hydrazine groups is 1. The summed E-state index contributed by atoms with van der Waals surface area (Å²) < 4.78 is 15.4. The van der Waals surface area contributed by atoms with Gasteiger partial charge in [0.25, 0.3) is 5.91 Å². The van der Waals surface area contributed by atoms with Crippen LogP contribution < -0.4 is 5.43 Å². The first kappa shape index (κ1) is 12.5. The van der Waals surface area contributed by atoms with E-state index in [9.17, 15) is 9.18 Å². The molecule has 1 aliphatic rings. The molecule has 1 heterocycles. The van der Waals surface area contributed by atoms with E-state index in [-0.39, 0.29) is 17.8 Å². The van der Waals surface area contributed by atoms with Gasteiger partial charge in [0.1, 0.15) is 12.2 Å². The Morgan fingerprint density at radius 2 is 1.80 bits per heavy atom. The lowest BCUT2D eigenvalue weighted by molar-refractivity contribution is -0.594. The van der Waals surface area contributed by atoms with Crippen molar-refractivity contribution in [3.63, 3.8) is 0 Å². The van der Waals surface area contributed by atoms with E-state index in [1.54, 1.807) is 29.1 Å². The highest BCUT2D eigenvalue weighted by Gasteiger charge is 2.35. The zero-order valence-electron chi connectivity index (χ0n) is 10.8. The third-order valence-corrected chi connectivity index (χ3v) is 3.34. The van der Waals surface area contributed by atoms with Crippen molar-refractivity contribution in [1.82, 2.24) is 5.43 Å². The summed E-state index contributed by atoms with van der Waals surface area (Å²) >= 11 is 0. The lowest BCUT2D eigenvalue weighted by Gasteiger charge is -2.05. The third-order valence-electron chi connectivity index (χ3n) is 3.34. The van der Waals surface area contributed by atoms with Gasteiger partial charge >= 0.3 is 0 Å². The predicted octanol–water partition coefficient (Wildman–Crippen LogP) is 2.43. The van der Waals surface area contributed by atoms with Gasteiger partial charge in [-0.15, -0.1) is 10.1 Å². The molecule has 0 unspecified atom stereocenters. The summed E-state index contributed by atoms with van der Waals surface area (Å²) in [6, 6.07) is 16.1. The molecule has 0 spiro atoms. The molecule has 3 rings (SSSR count). The minimum atomic E-state index is -0.305. The van der Waals surface area contributed by atoms with Crippen molar-refractivity contribution < 1.29 is 13.9 Å². The van der Waals surface area contributed by atoms with Crippen molar-refractivity contribution in [1.29, 1.82) is 0 Å². The number of rotatable bonds is 2. The molecule has 3 nitrogen and oxygen atoms in total. The zero-order chi connectivity index (χ0) is 13.9. The van der Waals surface area contributed by atoms with Crippen molar-refractivity contribution in [2.24, 2.45) is 0 Å². The number of hydrazone groups is 1. The first-order valence-electron chi connectivity index (χ1n) is 6.46. The fourth-order valence-corrected chi connectivity index (χ4v) is 2.35. The van der Waals surface area contributed by atoms with Gasteiger partial charge in [-0.25, -0.2) is 4.39 Å². The van der Waals surface area contributed by atoms with E-state index < -0.39 is 0 Å². The van der Waals surface area contributed by atoms with Crippen molar-refractivity contribution in [2.75, 3.05) is 0 Å². The van der Waals surface area contributed by atoms with Crippen LogP contribution in [0.5, 0.6) is 0 Å². The van der Waals surface area contributed by atoms with Crippen LogP contribution in [0.25, 0.3) is 0 Å². The van der Waals surface area contributed by atoms with Crippen LogP contribution in [-0.2, 0) is 4.79 Å². The molecule has 20 heavy (non-hydrogen) atoms. The molecule has 2 aromatic rings. The number of benzene rings is 2. The number of hydrogen-bond acceptors (Lipinski definition) is 1. The second kappa shape index (κ2) is 5.25. The molecule has 100 valence electrons. The SMILES string of the molecule is O=C1C[C@@H](c2ccccc2)/[N+](=C/c2ccccc2F)N1. The molecule has 0 saturated carbocycles. The normalized spacial score (nSPS) is 20.1. The summed E-state index contributed by atoms with van der Waals surface area (Å²) in [5, 5.41) is 0. The molecule has 0 bridgehead atoms. The minimum absolute atomic E-state index is 0.0635. The molecular weight excluding hydrogens is 255 g/mol. The van der Waals surface area contributed by atoms with Gasteiger partial charge in [-0.05, 0) is 12.1 Å². The highest BCUT2D eigenvalue weighted by atomic mass is 19.1. The van der Waals surface area contributed by atoms with Crippen LogP contribution in [0.4, 0.5) is 4.39 Å². The van der Waals surface area contributed by atoms with E-state index >= 15 is 0 Å². The molecule has 0 aromatic heterocycles. The predicted molar refractivity (Wildman–Crippen MR) is 73.8 cm³/mol. The molecular formula is C16H14FN2O+. The van der Waals surface area contributed by atoms with Gasteiger partial charge in [0, 0.05) is 5.56 Å². The van der Waals surface area contributed by atoms with E-state index in [0.717, 1.165) is 5.56 Å². The summed E-state index contributed by atoms with van der Waals surface area (Å²) in [5.41, 5.74) is 4.23. The van der Waals surface area contributed by atoms with Crippen LogP contribution in [0, 0.1) is 5.82 Å². The minimum Gasteiger partial charge on any atom is -0.269 e. The number of nitrogens with one attached hydrogen (secondary N) is 1. The number of halogens is 1. The highest BCUT2D eigenvalue weighted by molar-refractivity contribution is 5.80. The van der Waals surface area contributed by atoms with E-state index in [4.69, 9.17) is 0 Å². The number of amides is 1. The molecule has 1 N–H and O–H groups in total. The van der Waals surface area contributed by atoms with Gasteiger partial charge in [0.15, 0.2) is 0 Å². The molecule has 0 aliphatic carbocycles. The monoisotopic (exact) mass is 269 g/mol. The Balaban J connectivity index is 1.99. The Morgan fingerprint density at radius 3 is 2.55 bits per heavy atom. The number of carbonyl (C=O) groups excluding carboxylic acids is 1. The second-order valence-electron chi connectivity index (χ2n) is 4.72. The van der Waals surface area contributed by atoms with Crippen molar-refractivity contribution in [3.05, 3.63) is 71.5 Å². The second-order valence-corrected chi connectivity index (χ2v) is 4.72. The van der Waals surface area contributed by atoms with Crippen LogP contribution in [0.2, 0.25) is 0 Å². The highest BCUT2D eigenvalue weighted by Crippen LogP contribution is 2.23.